The van der Waals surface area contributed by atoms with E-state index in [1.165, 1.54) is 39.7 Å². The van der Waals surface area contributed by atoms with E-state index in [4.69, 9.17) is 4.98 Å². The summed E-state index contributed by atoms with van der Waals surface area (Å²) in [6.45, 7) is 5.25. The van der Waals surface area contributed by atoms with E-state index >= 15 is 0 Å². The standard InChI is InChI=1S/C15H22N4S/c1-4-11-10(9-19(3)18-11)14(16-5-2)15-17-12-7-6-8-13(12)20-15/h9,14,16H,4-8H2,1-3H3. The fraction of sp³-hybridized carbons (Fsp3) is 0.600. The average molecular weight is 290 g/mol. The lowest BCUT2D eigenvalue weighted by Crippen LogP contribution is -2.22. The van der Waals surface area contributed by atoms with E-state index in [1.807, 2.05) is 23.1 Å². The lowest BCUT2D eigenvalue weighted by molar-refractivity contribution is 0.620. The Kier molecular flexibility index (Phi) is 3.89. The summed E-state index contributed by atoms with van der Waals surface area (Å²) in [7, 11) is 1.99. The maximum absolute atomic E-state index is 4.89. The molecule has 20 heavy (non-hydrogen) atoms. The van der Waals surface area contributed by atoms with Gasteiger partial charge in [-0.15, -0.1) is 11.3 Å². The highest BCUT2D eigenvalue weighted by molar-refractivity contribution is 7.11. The van der Waals surface area contributed by atoms with Crippen molar-refractivity contribution in [2.75, 3.05) is 6.54 Å². The molecule has 0 fully saturated rings. The number of nitrogens with one attached hydrogen (secondary N) is 1. The van der Waals surface area contributed by atoms with E-state index in [1.54, 1.807) is 0 Å². The lowest BCUT2D eigenvalue weighted by Gasteiger charge is -2.15. The zero-order valence-electron chi connectivity index (χ0n) is 12.4. The third kappa shape index (κ3) is 2.40. The van der Waals surface area contributed by atoms with Crippen LogP contribution in [0, 0.1) is 0 Å². The molecule has 1 unspecified atom stereocenters. The largest absolute Gasteiger partial charge is 0.304 e. The van der Waals surface area contributed by atoms with E-state index in [9.17, 15) is 0 Å². The first-order valence-corrected chi connectivity index (χ1v) is 8.28. The maximum Gasteiger partial charge on any atom is 0.115 e. The summed E-state index contributed by atoms with van der Waals surface area (Å²) in [6, 6.07) is 0.194. The molecule has 0 spiro atoms. The monoisotopic (exact) mass is 290 g/mol. The molecule has 0 amide bonds. The van der Waals surface area contributed by atoms with Crippen LogP contribution in [-0.2, 0) is 26.3 Å². The van der Waals surface area contributed by atoms with E-state index < -0.39 is 0 Å². The maximum atomic E-state index is 4.89. The van der Waals surface area contributed by atoms with E-state index in [-0.39, 0.29) is 6.04 Å². The number of rotatable bonds is 5. The molecule has 2 aromatic heterocycles. The number of aryl methyl sites for hydroxylation is 4. The summed E-state index contributed by atoms with van der Waals surface area (Å²) in [4.78, 5) is 6.38. The van der Waals surface area contributed by atoms with Gasteiger partial charge < -0.3 is 5.32 Å². The number of hydrogen-bond donors (Lipinski definition) is 1. The minimum atomic E-state index is 0.194. The van der Waals surface area contributed by atoms with Gasteiger partial charge in [-0.2, -0.15) is 5.10 Å². The Morgan fingerprint density at radius 3 is 2.95 bits per heavy atom. The molecule has 1 atom stereocenters. The summed E-state index contributed by atoms with van der Waals surface area (Å²) in [5.74, 6) is 0. The molecule has 4 nitrogen and oxygen atoms in total. The van der Waals surface area contributed by atoms with Crippen LogP contribution >= 0.6 is 11.3 Å². The van der Waals surface area contributed by atoms with Crippen LogP contribution in [0.25, 0.3) is 0 Å². The smallest absolute Gasteiger partial charge is 0.115 e. The van der Waals surface area contributed by atoms with Crippen molar-refractivity contribution in [1.29, 1.82) is 0 Å². The van der Waals surface area contributed by atoms with Crippen LogP contribution < -0.4 is 5.32 Å². The fourth-order valence-corrected chi connectivity index (χ4v) is 4.19. The highest BCUT2D eigenvalue weighted by atomic mass is 32.1. The highest BCUT2D eigenvalue weighted by Gasteiger charge is 2.25. The van der Waals surface area contributed by atoms with E-state index in [0.717, 1.165) is 19.4 Å². The molecule has 2 heterocycles. The van der Waals surface area contributed by atoms with Crippen LogP contribution in [0.3, 0.4) is 0 Å². The van der Waals surface area contributed by atoms with Crippen LogP contribution in [0.4, 0.5) is 0 Å². The SMILES string of the molecule is CCNC(c1nc2c(s1)CCC2)c1cn(C)nc1CC. The summed E-state index contributed by atoms with van der Waals surface area (Å²) < 4.78 is 1.92. The fourth-order valence-electron chi connectivity index (χ4n) is 2.94. The van der Waals surface area contributed by atoms with Crippen molar-refractivity contribution in [3.8, 4) is 0 Å². The van der Waals surface area contributed by atoms with Crippen molar-refractivity contribution in [2.24, 2.45) is 7.05 Å². The predicted molar refractivity (Wildman–Crippen MR) is 82.2 cm³/mol. The number of thiazole rings is 1. The molecule has 2 aromatic rings. The predicted octanol–water partition coefficient (Wildman–Crippen LogP) is 2.63. The van der Waals surface area contributed by atoms with Crippen LogP contribution in [0.15, 0.2) is 6.20 Å². The Hall–Kier alpha value is -1.20. The Bertz CT molecular complexity index is 578. The van der Waals surface area contributed by atoms with Gasteiger partial charge in [-0.1, -0.05) is 13.8 Å². The van der Waals surface area contributed by atoms with Gasteiger partial charge in [0.1, 0.15) is 5.01 Å². The molecule has 0 saturated carbocycles. The van der Waals surface area contributed by atoms with Crippen LogP contribution in [0.5, 0.6) is 0 Å². The van der Waals surface area contributed by atoms with E-state index in [2.05, 4.69) is 30.5 Å². The molecule has 3 rings (SSSR count). The van der Waals surface area contributed by atoms with Gasteiger partial charge in [-0.25, -0.2) is 4.98 Å². The van der Waals surface area contributed by atoms with Crippen molar-refractivity contribution >= 4 is 11.3 Å². The van der Waals surface area contributed by atoms with Gasteiger partial charge in [-0.05, 0) is 32.2 Å². The summed E-state index contributed by atoms with van der Waals surface area (Å²) in [5, 5.41) is 9.37. The van der Waals surface area contributed by atoms with Crippen LogP contribution in [0.1, 0.15) is 53.1 Å². The molecule has 1 aliphatic rings. The molecule has 1 N–H and O–H groups in total. The van der Waals surface area contributed by atoms with Gasteiger partial charge >= 0.3 is 0 Å². The van der Waals surface area contributed by atoms with Gasteiger partial charge in [0.2, 0.25) is 0 Å². The summed E-state index contributed by atoms with van der Waals surface area (Å²) in [6.07, 6.45) is 6.73. The number of fused-ring (bicyclic) bond motifs is 1. The third-order valence-corrected chi connectivity index (χ3v) is 5.07. The van der Waals surface area contributed by atoms with Gasteiger partial charge in [0.25, 0.3) is 0 Å². The summed E-state index contributed by atoms with van der Waals surface area (Å²) in [5.41, 5.74) is 3.79. The molecule has 0 saturated heterocycles. The summed E-state index contributed by atoms with van der Waals surface area (Å²) >= 11 is 1.88. The molecule has 108 valence electrons. The van der Waals surface area contributed by atoms with Crippen LogP contribution in [-0.4, -0.2) is 21.3 Å². The first-order chi connectivity index (χ1) is 9.72. The average Bonchev–Trinajstić information content (AvgIpc) is 3.09. The Balaban J connectivity index is 1.98. The minimum Gasteiger partial charge on any atom is -0.304 e. The molecule has 0 radical (unpaired) electrons. The van der Waals surface area contributed by atoms with E-state index in [0.29, 0.717) is 0 Å². The second kappa shape index (κ2) is 5.66. The van der Waals surface area contributed by atoms with Gasteiger partial charge in [0.05, 0.1) is 17.4 Å². The topological polar surface area (TPSA) is 42.7 Å². The molecule has 0 aromatic carbocycles. The first kappa shape index (κ1) is 13.8. The quantitative estimate of drug-likeness (QED) is 0.920. The highest BCUT2D eigenvalue weighted by Crippen LogP contribution is 2.34. The molecule has 0 aliphatic heterocycles. The molecular formula is C15H22N4S. The van der Waals surface area contributed by atoms with Gasteiger partial charge in [0.15, 0.2) is 0 Å². The van der Waals surface area contributed by atoms with Gasteiger partial charge in [0, 0.05) is 23.7 Å². The second-order valence-corrected chi connectivity index (χ2v) is 6.44. The number of aromatic nitrogens is 3. The van der Waals surface area contributed by atoms with Crippen molar-refractivity contribution in [1.82, 2.24) is 20.1 Å². The third-order valence-electron chi connectivity index (χ3n) is 3.85. The molecule has 0 bridgehead atoms. The number of nitrogens with zero attached hydrogens (tertiary/aromatic N) is 3. The normalized spacial score (nSPS) is 15.6. The van der Waals surface area contributed by atoms with Crippen molar-refractivity contribution in [3.63, 3.8) is 0 Å². The van der Waals surface area contributed by atoms with Crippen molar-refractivity contribution < 1.29 is 0 Å². The molecule has 5 heteroatoms. The first-order valence-electron chi connectivity index (χ1n) is 7.47. The molecular weight excluding hydrogens is 268 g/mol. The molecule has 1 aliphatic carbocycles. The zero-order valence-corrected chi connectivity index (χ0v) is 13.3. The second-order valence-electron chi connectivity index (χ2n) is 5.32. The Morgan fingerprint density at radius 1 is 1.40 bits per heavy atom. The zero-order chi connectivity index (χ0) is 14.1. The van der Waals surface area contributed by atoms with Crippen molar-refractivity contribution in [3.05, 3.63) is 33.0 Å². The number of hydrogen-bond acceptors (Lipinski definition) is 4. The lowest BCUT2D eigenvalue weighted by atomic mass is 10.1. The Morgan fingerprint density at radius 2 is 2.25 bits per heavy atom. The van der Waals surface area contributed by atoms with Crippen LogP contribution in [0.2, 0.25) is 0 Å². The van der Waals surface area contributed by atoms with Crippen molar-refractivity contribution in [2.45, 2.75) is 45.6 Å². The Labute approximate surface area is 124 Å². The van der Waals surface area contributed by atoms with Gasteiger partial charge in [-0.3, -0.25) is 4.68 Å². The minimum absolute atomic E-state index is 0.194.